The van der Waals surface area contributed by atoms with E-state index in [9.17, 15) is 14.4 Å². The van der Waals surface area contributed by atoms with Gasteiger partial charge in [-0.1, -0.05) is 78.9 Å². The van der Waals surface area contributed by atoms with Crippen LogP contribution in [-0.2, 0) is 30.4 Å². The number of benzene rings is 3. The summed E-state index contributed by atoms with van der Waals surface area (Å²) in [6.07, 6.45) is -1.90. The number of hydrogen-bond acceptors (Lipinski definition) is 7. The largest absolute Gasteiger partial charge is 0.467 e. The Bertz CT molecular complexity index is 1300. The average Bonchev–Trinajstić information content (AvgIpc) is 3.50. The Morgan fingerprint density at radius 2 is 1.56 bits per heavy atom. The molecule has 1 heterocycles. The highest BCUT2D eigenvalue weighted by molar-refractivity contribution is 5.85. The Morgan fingerprint density at radius 3 is 2.21 bits per heavy atom. The Hall–Kier alpha value is -4.21. The van der Waals surface area contributed by atoms with Gasteiger partial charge in [-0.25, -0.2) is 9.59 Å². The maximum atomic E-state index is 13.0. The van der Waals surface area contributed by atoms with E-state index in [0.717, 1.165) is 27.8 Å². The highest BCUT2D eigenvalue weighted by Crippen LogP contribution is 2.44. The van der Waals surface area contributed by atoms with E-state index < -0.39 is 36.3 Å². The molecule has 0 bridgehead atoms. The first-order valence-corrected chi connectivity index (χ1v) is 12.9. The lowest BCUT2D eigenvalue weighted by atomic mass is 9.98. The number of alkyl carbamates (subject to hydrolysis) is 1. The minimum Gasteiger partial charge on any atom is -0.467 e. The van der Waals surface area contributed by atoms with E-state index in [4.69, 9.17) is 14.3 Å². The van der Waals surface area contributed by atoms with Crippen molar-refractivity contribution >= 4 is 18.0 Å². The number of esters is 1. The maximum Gasteiger partial charge on any atom is 0.407 e. The van der Waals surface area contributed by atoms with Crippen molar-refractivity contribution in [3.8, 4) is 11.1 Å². The second kappa shape index (κ2) is 11.7. The minimum absolute atomic E-state index is 0.0790. The van der Waals surface area contributed by atoms with E-state index in [-0.39, 0.29) is 18.9 Å². The Kier molecular flexibility index (Phi) is 7.90. The van der Waals surface area contributed by atoms with E-state index in [1.807, 2.05) is 66.7 Å². The molecule has 1 saturated heterocycles. The zero-order valence-electron chi connectivity index (χ0n) is 21.8. The Balaban J connectivity index is 1.18. The zero-order valence-corrected chi connectivity index (χ0v) is 21.8. The monoisotopic (exact) mass is 529 g/mol. The van der Waals surface area contributed by atoms with Crippen molar-refractivity contribution in [3.05, 3.63) is 95.6 Å². The SMILES string of the molecule is COC(=O)[C@H]1C[C@H](NC(=O)[C@H](C)NC(=O)OCC2c3ccccc3-c3ccccc32)N(Cc2ccccc2)O1. The molecule has 202 valence electrons. The minimum atomic E-state index is -0.878. The van der Waals surface area contributed by atoms with Crippen molar-refractivity contribution in [1.29, 1.82) is 0 Å². The number of carbonyl (C=O) groups is 3. The van der Waals surface area contributed by atoms with Crippen molar-refractivity contribution < 1.29 is 28.7 Å². The van der Waals surface area contributed by atoms with Crippen LogP contribution in [0.3, 0.4) is 0 Å². The van der Waals surface area contributed by atoms with Crippen molar-refractivity contribution in [1.82, 2.24) is 15.7 Å². The normalized spacial score (nSPS) is 19.0. The fourth-order valence-electron chi connectivity index (χ4n) is 5.08. The van der Waals surface area contributed by atoms with Crippen LogP contribution in [0.25, 0.3) is 11.1 Å². The Morgan fingerprint density at radius 1 is 0.949 bits per heavy atom. The van der Waals surface area contributed by atoms with Gasteiger partial charge in [-0.3, -0.25) is 9.63 Å². The molecule has 2 amide bonds. The second-order valence-corrected chi connectivity index (χ2v) is 9.63. The summed E-state index contributed by atoms with van der Waals surface area (Å²) in [5, 5.41) is 7.03. The van der Waals surface area contributed by atoms with Crippen LogP contribution in [0.15, 0.2) is 78.9 Å². The van der Waals surface area contributed by atoms with Gasteiger partial charge in [0.05, 0.1) is 13.7 Å². The summed E-state index contributed by atoms with van der Waals surface area (Å²) in [5.74, 6) is -1.03. The molecule has 0 aromatic heterocycles. The van der Waals surface area contributed by atoms with Crippen LogP contribution < -0.4 is 10.6 Å². The molecule has 3 atom stereocenters. The lowest BCUT2D eigenvalue weighted by molar-refractivity contribution is -0.193. The third-order valence-electron chi connectivity index (χ3n) is 7.07. The number of amides is 2. The molecule has 9 nitrogen and oxygen atoms in total. The van der Waals surface area contributed by atoms with Gasteiger partial charge in [-0.15, -0.1) is 0 Å². The van der Waals surface area contributed by atoms with Crippen LogP contribution >= 0.6 is 0 Å². The summed E-state index contributed by atoms with van der Waals surface area (Å²) in [6, 6.07) is 24.8. The topological polar surface area (TPSA) is 106 Å². The van der Waals surface area contributed by atoms with E-state index >= 15 is 0 Å². The zero-order chi connectivity index (χ0) is 27.4. The van der Waals surface area contributed by atoms with Crippen molar-refractivity contribution in [2.24, 2.45) is 0 Å². The molecule has 0 radical (unpaired) electrons. The molecule has 0 spiro atoms. The molecule has 1 aliphatic heterocycles. The van der Waals surface area contributed by atoms with E-state index in [0.29, 0.717) is 6.54 Å². The fraction of sp³-hybridized carbons (Fsp3) is 0.300. The molecule has 0 unspecified atom stereocenters. The first-order chi connectivity index (χ1) is 18.9. The number of nitrogens with one attached hydrogen (secondary N) is 2. The van der Waals surface area contributed by atoms with Gasteiger partial charge in [0.2, 0.25) is 5.91 Å². The molecule has 5 rings (SSSR count). The number of methoxy groups -OCH3 is 1. The van der Waals surface area contributed by atoms with Crippen LogP contribution in [0.2, 0.25) is 0 Å². The number of hydroxylamine groups is 2. The molecule has 3 aromatic carbocycles. The summed E-state index contributed by atoms with van der Waals surface area (Å²) in [4.78, 5) is 43.5. The van der Waals surface area contributed by atoms with Gasteiger partial charge in [0, 0.05) is 12.3 Å². The van der Waals surface area contributed by atoms with Crippen molar-refractivity contribution in [2.75, 3.05) is 13.7 Å². The van der Waals surface area contributed by atoms with E-state index in [1.54, 1.807) is 12.0 Å². The van der Waals surface area contributed by atoms with Crippen molar-refractivity contribution in [3.63, 3.8) is 0 Å². The Labute approximate surface area is 227 Å². The van der Waals surface area contributed by atoms with E-state index in [1.165, 1.54) is 7.11 Å². The first kappa shape index (κ1) is 26.4. The van der Waals surface area contributed by atoms with Gasteiger partial charge >= 0.3 is 12.1 Å². The summed E-state index contributed by atoms with van der Waals surface area (Å²) in [6.45, 7) is 2.08. The van der Waals surface area contributed by atoms with Crippen molar-refractivity contribution in [2.45, 2.75) is 44.1 Å². The third kappa shape index (κ3) is 5.79. The molecule has 1 fully saturated rings. The average molecular weight is 530 g/mol. The molecule has 39 heavy (non-hydrogen) atoms. The second-order valence-electron chi connectivity index (χ2n) is 9.63. The predicted molar refractivity (Wildman–Crippen MR) is 143 cm³/mol. The summed E-state index contributed by atoms with van der Waals surface area (Å²) in [5.41, 5.74) is 5.44. The lowest BCUT2D eigenvalue weighted by Crippen LogP contribution is -2.51. The highest BCUT2D eigenvalue weighted by Gasteiger charge is 2.40. The highest BCUT2D eigenvalue weighted by atomic mass is 16.7. The van der Waals surface area contributed by atoms with E-state index in [2.05, 4.69) is 22.8 Å². The van der Waals surface area contributed by atoms with Crippen LogP contribution in [0, 0.1) is 0 Å². The first-order valence-electron chi connectivity index (χ1n) is 12.9. The number of fused-ring (bicyclic) bond motifs is 3. The molecule has 2 N–H and O–H groups in total. The van der Waals surface area contributed by atoms with Gasteiger partial charge in [-0.2, -0.15) is 5.06 Å². The van der Waals surface area contributed by atoms with Gasteiger partial charge in [0.15, 0.2) is 6.10 Å². The third-order valence-corrected chi connectivity index (χ3v) is 7.07. The van der Waals surface area contributed by atoms with Gasteiger partial charge in [-0.05, 0) is 34.7 Å². The van der Waals surface area contributed by atoms with Crippen LogP contribution in [-0.4, -0.2) is 55.1 Å². The number of rotatable bonds is 8. The van der Waals surface area contributed by atoms with Gasteiger partial charge < -0.3 is 20.1 Å². The molecule has 3 aromatic rings. The van der Waals surface area contributed by atoms with Gasteiger partial charge in [0.25, 0.3) is 0 Å². The summed E-state index contributed by atoms with van der Waals surface area (Å²) < 4.78 is 10.4. The molecule has 2 aliphatic rings. The molecule has 1 aliphatic carbocycles. The predicted octanol–water partition coefficient (Wildman–Crippen LogP) is 3.74. The van der Waals surface area contributed by atoms with Crippen LogP contribution in [0.4, 0.5) is 4.79 Å². The quantitative estimate of drug-likeness (QED) is 0.428. The molecule has 9 heteroatoms. The number of hydrogen-bond donors (Lipinski definition) is 2. The van der Waals surface area contributed by atoms with Gasteiger partial charge in [0.1, 0.15) is 18.8 Å². The van der Waals surface area contributed by atoms with Crippen LogP contribution in [0.1, 0.15) is 36.0 Å². The standard InChI is InChI=1S/C30H31N3O6/c1-19(28(34)32-27-16-26(29(35)37-2)39-33(27)17-20-10-4-3-5-11-20)31-30(36)38-18-25-23-14-8-6-12-21(23)22-13-7-9-15-24(22)25/h3-15,19,25-27H,16-18H2,1-2H3,(H,31,36)(H,32,34)/t19-,26+,27+/m0/s1. The number of ether oxygens (including phenoxy) is 2. The summed E-state index contributed by atoms with van der Waals surface area (Å²) >= 11 is 0. The fourth-order valence-corrected chi connectivity index (χ4v) is 5.08. The summed E-state index contributed by atoms with van der Waals surface area (Å²) in [7, 11) is 1.29. The molecule has 0 saturated carbocycles. The molecular formula is C30H31N3O6. The number of carbonyl (C=O) groups excluding carboxylic acids is 3. The molecular weight excluding hydrogens is 498 g/mol. The lowest BCUT2D eigenvalue weighted by Gasteiger charge is -2.25. The van der Waals surface area contributed by atoms with Crippen LogP contribution in [0.5, 0.6) is 0 Å². The smallest absolute Gasteiger partial charge is 0.407 e. The maximum absolute atomic E-state index is 13.0. The number of nitrogens with zero attached hydrogens (tertiary/aromatic N) is 1.